The molecule has 1 N–H and O–H groups in total. The minimum absolute atomic E-state index is 0.0317. The third-order valence-electron chi connectivity index (χ3n) is 5.49. The van der Waals surface area contributed by atoms with Gasteiger partial charge in [0, 0.05) is 37.8 Å². The number of piperazine rings is 1. The van der Waals surface area contributed by atoms with Crippen molar-refractivity contribution in [2.45, 2.75) is 19.8 Å². The first-order chi connectivity index (χ1) is 13.7. The van der Waals surface area contributed by atoms with Gasteiger partial charge in [-0.2, -0.15) is 9.50 Å². The van der Waals surface area contributed by atoms with Gasteiger partial charge in [0.2, 0.25) is 11.9 Å². The molecule has 3 heterocycles. The first kappa shape index (κ1) is 17.0. The van der Waals surface area contributed by atoms with Gasteiger partial charge in [-0.15, -0.1) is 5.10 Å². The maximum Gasteiger partial charge on any atom is 0.249 e. The minimum Gasteiger partial charge on any atom is -0.368 e. The van der Waals surface area contributed by atoms with Gasteiger partial charge in [-0.25, -0.2) is 0 Å². The van der Waals surface area contributed by atoms with Crippen LogP contribution in [0, 0.1) is 12.8 Å². The van der Waals surface area contributed by atoms with E-state index in [2.05, 4.69) is 62.5 Å². The van der Waals surface area contributed by atoms with Gasteiger partial charge in [0.25, 0.3) is 0 Å². The van der Waals surface area contributed by atoms with Gasteiger partial charge >= 0.3 is 0 Å². The van der Waals surface area contributed by atoms with Crippen molar-refractivity contribution in [3.8, 4) is 0 Å². The monoisotopic (exact) mass is 376 g/mol. The lowest BCUT2D eigenvalue weighted by Crippen LogP contribution is -2.47. The van der Waals surface area contributed by atoms with Crippen LogP contribution >= 0.6 is 0 Å². The Morgan fingerprint density at radius 1 is 1.04 bits per heavy atom. The zero-order valence-corrected chi connectivity index (χ0v) is 16.0. The third kappa shape index (κ3) is 3.28. The number of carbonyl (C=O) groups excluding carboxylic acids is 1. The van der Waals surface area contributed by atoms with Crippen LogP contribution in [-0.4, -0.2) is 46.7 Å². The number of benzene rings is 1. The maximum absolute atomic E-state index is 12.0. The molecular formula is C21H24N6O. The first-order valence-electron chi connectivity index (χ1n) is 9.90. The maximum atomic E-state index is 12.0. The molecule has 0 atom stereocenters. The van der Waals surface area contributed by atoms with Crippen LogP contribution in [0.3, 0.4) is 0 Å². The number of rotatable bonds is 4. The summed E-state index contributed by atoms with van der Waals surface area (Å²) in [6.45, 7) is 5.87. The lowest BCUT2D eigenvalue weighted by molar-refractivity contribution is -0.117. The molecule has 2 fully saturated rings. The summed E-state index contributed by atoms with van der Waals surface area (Å²) in [7, 11) is 0. The Morgan fingerprint density at radius 2 is 1.79 bits per heavy atom. The summed E-state index contributed by atoms with van der Waals surface area (Å²) in [5.74, 6) is 1.58. The first-order valence-corrected chi connectivity index (χ1v) is 9.90. The molecule has 5 rings (SSSR count). The summed E-state index contributed by atoms with van der Waals surface area (Å²) in [6.07, 6.45) is 1.94. The standard InChI is InChI=1S/C21H24N6O/c1-15-4-2-5-17(14-15)25-10-12-26(13-11-25)19-7-3-6-18-22-21(24-27(18)19)23-20(28)16-8-9-16/h2-7,14,16H,8-13H2,1H3,(H,23,24,28). The van der Waals surface area contributed by atoms with Gasteiger partial charge in [0.05, 0.1) is 0 Å². The van der Waals surface area contributed by atoms with Crippen LogP contribution in [-0.2, 0) is 4.79 Å². The Morgan fingerprint density at radius 3 is 2.54 bits per heavy atom. The Bertz CT molecular complexity index is 1020. The molecule has 7 nitrogen and oxygen atoms in total. The number of fused-ring (bicyclic) bond motifs is 1. The van der Waals surface area contributed by atoms with E-state index in [9.17, 15) is 4.79 Å². The smallest absolute Gasteiger partial charge is 0.249 e. The lowest BCUT2D eigenvalue weighted by atomic mass is 10.2. The van der Waals surface area contributed by atoms with E-state index in [-0.39, 0.29) is 11.8 Å². The van der Waals surface area contributed by atoms with Crippen molar-refractivity contribution in [2.24, 2.45) is 5.92 Å². The molecule has 7 heteroatoms. The highest BCUT2D eigenvalue weighted by Gasteiger charge is 2.30. The van der Waals surface area contributed by atoms with Crippen molar-refractivity contribution in [2.75, 3.05) is 41.3 Å². The van der Waals surface area contributed by atoms with Crippen molar-refractivity contribution >= 4 is 29.0 Å². The second kappa shape index (κ2) is 6.82. The number of aromatic nitrogens is 3. The molecule has 1 aliphatic heterocycles. The highest BCUT2D eigenvalue weighted by molar-refractivity contribution is 5.92. The topological polar surface area (TPSA) is 65.8 Å². The molecule has 1 saturated heterocycles. The normalized spacial score (nSPS) is 17.2. The molecule has 0 bridgehead atoms. The van der Waals surface area contributed by atoms with Crippen molar-refractivity contribution in [1.82, 2.24) is 14.6 Å². The number of pyridine rings is 1. The summed E-state index contributed by atoms with van der Waals surface area (Å²) >= 11 is 0. The molecule has 2 aromatic heterocycles. The largest absolute Gasteiger partial charge is 0.368 e. The molecule has 144 valence electrons. The van der Waals surface area contributed by atoms with E-state index in [1.54, 1.807) is 0 Å². The molecule has 1 amide bonds. The average molecular weight is 376 g/mol. The molecule has 0 unspecified atom stereocenters. The van der Waals surface area contributed by atoms with Crippen LogP contribution in [0.25, 0.3) is 5.65 Å². The molecular weight excluding hydrogens is 352 g/mol. The fourth-order valence-electron chi connectivity index (χ4n) is 3.76. The van der Waals surface area contributed by atoms with Crippen LogP contribution in [0.2, 0.25) is 0 Å². The fraction of sp³-hybridized carbons (Fsp3) is 0.381. The van der Waals surface area contributed by atoms with Crippen LogP contribution in [0.1, 0.15) is 18.4 Å². The molecule has 28 heavy (non-hydrogen) atoms. The SMILES string of the molecule is Cc1cccc(N2CCN(c3cccc4nc(NC(=O)C5CC5)nn34)CC2)c1. The molecule has 1 saturated carbocycles. The second-order valence-electron chi connectivity index (χ2n) is 7.67. The van der Waals surface area contributed by atoms with Crippen LogP contribution in [0.4, 0.5) is 17.5 Å². The zero-order valence-electron chi connectivity index (χ0n) is 16.0. The summed E-state index contributed by atoms with van der Waals surface area (Å²) in [5.41, 5.74) is 3.32. The lowest BCUT2D eigenvalue weighted by Gasteiger charge is -2.37. The third-order valence-corrected chi connectivity index (χ3v) is 5.49. The van der Waals surface area contributed by atoms with Gasteiger partial charge < -0.3 is 9.80 Å². The van der Waals surface area contributed by atoms with Gasteiger partial charge in [-0.05, 0) is 49.6 Å². The number of anilines is 3. The van der Waals surface area contributed by atoms with Gasteiger partial charge in [0.1, 0.15) is 5.82 Å². The summed E-state index contributed by atoms with van der Waals surface area (Å²) in [5, 5.41) is 7.39. The van der Waals surface area contributed by atoms with E-state index in [1.165, 1.54) is 11.3 Å². The van der Waals surface area contributed by atoms with Crippen molar-refractivity contribution in [3.05, 3.63) is 48.0 Å². The molecule has 1 aromatic carbocycles. The number of carbonyl (C=O) groups is 1. The zero-order chi connectivity index (χ0) is 19.1. The number of aryl methyl sites for hydroxylation is 1. The van der Waals surface area contributed by atoms with E-state index in [1.807, 2.05) is 16.6 Å². The quantitative estimate of drug-likeness (QED) is 0.758. The van der Waals surface area contributed by atoms with Crippen molar-refractivity contribution in [3.63, 3.8) is 0 Å². The average Bonchev–Trinajstić information content (AvgIpc) is 3.48. The number of nitrogens with one attached hydrogen (secondary N) is 1. The minimum atomic E-state index is 0.0317. The van der Waals surface area contributed by atoms with E-state index in [4.69, 9.17) is 0 Å². The van der Waals surface area contributed by atoms with Crippen LogP contribution in [0.15, 0.2) is 42.5 Å². The molecule has 1 aliphatic carbocycles. The molecule has 0 radical (unpaired) electrons. The Balaban J connectivity index is 1.33. The second-order valence-corrected chi connectivity index (χ2v) is 7.67. The Hall–Kier alpha value is -3.09. The highest BCUT2D eigenvalue weighted by Crippen LogP contribution is 2.30. The number of nitrogens with zero attached hydrogens (tertiary/aromatic N) is 5. The summed E-state index contributed by atoms with van der Waals surface area (Å²) in [6, 6.07) is 14.6. The number of hydrogen-bond acceptors (Lipinski definition) is 5. The van der Waals surface area contributed by atoms with E-state index < -0.39 is 0 Å². The van der Waals surface area contributed by atoms with Crippen molar-refractivity contribution in [1.29, 1.82) is 0 Å². The Labute approximate surface area is 164 Å². The number of hydrogen-bond donors (Lipinski definition) is 1. The van der Waals surface area contributed by atoms with Gasteiger partial charge in [-0.1, -0.05) is 18.2 Å². The number of amides is 1. The highest BCUT2D eigenvalue weighted by atomic mass is 16.2. The summed E-state index contributed by atoms with van der Waals surface area (Å²) < 4.78 is 1.84. The van der Waals surface area contributed by atoms with Gasteiger partial charge in [0.15, 0.2) is 5.65 Å². The van der Waals surface area contributed by atoms with E-state index in [0.29, 0.717) is 5.95 Å². The Kier molecular flexibility index (Phi) is 4.15. The van der Waals surface area contributed by atoms with Crippen LogP contribution < -0.4 is 15.1 Å². The predicted octanol–water partition coefficient (Wildman–Crippen LogP) is 2.71. The molecule has 2 aliphatic rings. The van der Waals surface area contributed by atoms with Gasteiger partial charge in [-0.3, -0.25) is 10.1 Å². The molecule has 0 spiro atoms. The summed E-state index contributed by atoms with van der Waals surface area (Å²) in [4.78, 5) is 21.2. The van der Waals surface area contributed by atoms with E-state index in [0.717, 1.165) is 50.5 Å². The van der Waals surface area contributed by atoms with Crippen molar-refractivity contribution < 1.29 is 4.79 Å². The predicted molar refractivity (Wildman–Crippen MR) is 110 cm³/mol. The van der Waals surface area contributed by atoms with E-state index >= 15 is 0 Å². The fourth-order valence-corrected chi connectivity index (χ4v) is 3.76. The molecule has 3 aromatic rings. The van der Waals surface area contributed by atoms with Crippen LogP contribution in [0.5, 0.6) is 0 Å².